The van der Waals surface area contributed by atoms with E-state index >= 15 is 0 Å². The third-order valence-electron chi connectivity index (χ3n) is 3.82. The fraction of sp³-hybridized carbons (Fsp3) is 0.333. The van der Waals surface area contributed by atoms with E-state index in [1.54, 1.807) is 19.1 Å². The summed E-state index contributed by atoms with van der Waals surface area (Å²) in [6.07, 6.45) is 2.22. The van der Waals surface area contributed by atoms with Crippen LogP contribution < -0.4 is 10.0 Å². The second kappa shape index (κ2) is 5.57. The van der Waals surface area contributed by atoms with Gasteiger partial charge in [-0.25, -0.2) is 13.1 Å². The number of anilines is 1. The van der Waals surface area contributed by atoms with Crippen LogP contribution in [0.4, 0.5) is 5.69 Å². The van der Waals surface area contributed by atoms with Crippen molar-refractivity contribution in [3.05, 3.63) is 36.9 Å². The zero-order valence-corrected chi connectivity index (χ0v) is 13.2. The Morgan fingerprint density at radius 3 is 2.55 bits per heavy atom. The first kappa shape index (κ1) is 16.2. The number of hydrogen-bond donors (Lipinski definition) is 2. The second-order valence-electron chi connectivity index (χ2n) is 5.58. The number of amides is 2. The maximum absolute atomic E-state index is 12.4. The van der Waals surface area contributed by atoms with Crippen LogP contribution in [0, 0.1) is 11.3 Å². The molecule has 0 bridgehead atoms. The summed E-state index contributed by atoms with van der Waals surface area (Å²) in [5.41, 5.74) is -0.603. The van der Waals surface area contributed by atoms with Gasteiger partial charge in [0, 0.05) is 6.92 Å². The van der Waals surface area contributed by atoms with Crippen molar-refractivity contribution in [3.63, 3.8) is 0 Å². The summed E-state index contributed by atoms with van der Waals surface area (Å²) in [5.74, 6) is -0.974. The molecule has 1 aromatic carbocycles. The maximum atomic E-state index is 12.4. The summed E-state index contributed by atoms with van der Waals surface area (Å²) in [5, 5.41) is 2.44. The monoisotopic (exact) mass is 322 g/mol. The SMILES string of the molecule is C=C[C@@H]1C[C@]1(C)C(=O)NS(=O)(=O)c1ccccc1NC(C)=O. The molecule has 0 saturated heterocycles. The number of para-hydroxylation sites is 1. The summed E-state index contributed by atoms with van der Waals surface area (Å²) >= 11 is 0. The quantitative estimate of drug-likeness (QED) is 0.806. The van der Waals surface area contributed by atoms with E-state index in [2.05, 4.69) is 16.6 Å². The molecular weight excluding hydrogens is 304 g/mol. The van der Waals surface area contributed by atoms with E-state index in [0.717, 1.165) is 0 Å². The lowest BCUT2D eigenvalue weighted by atomic mass is 10.1. The Hall–Kier alpha value is -2.15. The van der Waals surface area contributed by atoms with E-state index < -0.39 is 27.3 Å². The third kappa shape index (κ3) is 3.04. The number of carbonyl (C=O) groups excluding carboxylic acids is 2. The van der Waals surface area contributed by atoms with Gasteiger partial charge in [-0.05, 0) is 24.5 Å². The fourth-order valence-corrected chi connectivity index (χ4v) is 3.54. The number of sulfonamides is 1. The number of nitrogens with one attached hydrogen (secondary N) is 2. The number of carbonyl (C=O) groups is 2. The van der Waals surface area contributed by atoms with Crippen molar-refractivity contribution in [3.8, 4) is 0 Å². The number of hydrogen-bond acceptors (Lipinski definition) is 4. The van der Waals surface area contributed by atoms with Gasteiger partial charge in [0.25, 0.3) is 10.0 Å². The van der Waals surface area contributed by atoms with E-state index in [1.165, 1.54) is 25.1 Å². The average Bonchev–Trinajstić information content (AvgIpc) is 3.11. The highest BCUT2D eigenvalue weighted by Gasteiger charge is 2.55. The van der Waals surface area contributed by atoms with E-state index in [4.69, 9.17) is 0 Å². The Morgan fingerprint density at radius 1 is 1.36 bits per heavy atom. The van der Waals surface area contributed by atoms with Crippen LogP contribution in [0.5, 0.6) is 0 Å². The Bertz CT molecular complexity index is 742. The predicted octanol–water partition coefficient (Wildman–Crippen LogP) is 1.66. The molecule has 0 radical (unpaired) electrons. The normalized spacial score (nSPS) is 23.5. The molecule has 1 aliphatic carbocycles. The van der Waals surface area contributed by atoms with Gasteiger partial charge in [-0.2, -0.15) is 0 Å². The van der Waals surface area contributed by atoms with E-state index in [1.807, 2.05) is 0 Å². The van der Waals surface area contributed by atoms with Crippen molar-refractivity contribution in [1.29, 1.82) is 0 Å². The summed E-state index contributed by atoms with van der Waals surface area (Å²) in [6, 6.07) is 5.92. The summed E-state index contributed by atoms with van der Waals surface area (Å²) in [7, 11) is -4.06. The van der Waals surface area contributed by atoms with Crippen LogP contribution in [0.2, 0.25) is 0 Å². The standard InChI is InChI=1S/C15H18N2O4S/c1-4-11-9-15(11,3)14(19)17-22(20,21)13-8-6-5-7-12(13)16-10(2)18/h4-8,11H,1,9H2,2-3H3,(H,16,18)(H,17,19)/t11-,15+/m1/s1. The van der Waals surface area contributed by atoms with E-state index in [9.17, 15) is 18.0 Å². The summed E-state index contributed by atoms with van der Waals surface area (Å²) < 4.78 is 26.9. The van der Waals surface area contributed by atoms with Crippen molar-refractivity contribution < 1.29 is 18.0 Å². The van der Waals surface area contributed by atoms with Gasteiger partial charge >= 0.3 is 0 Å². The number of benzene rings is 1. The highest BCUT2D eigenvalue weighted by atomic mass is 32.2. The molecule has 2 N–H and O–H groups in total. The van der Waals surface area contributed by atoms with Crippen LogP contribution in [0.3, 0.4) is 0 Å². The molecule has 0 aliphatic heterocycles. The average molecular weight is 322 g/mol. The molecule has 6 nitrogen and oxygen atoms in total. The van der Waals surface area contributed by atoms with Crippen molar-refractivity contribution in [1.82, 2.24) is 4.72 Å². The van der Waals surface area contributed by atoms with Crippen molar-refractivity contribution in [2.45, 2.75) is 25.2 Å². The lowest BCUT2D eigenvalue weighted by Crippen LogP contribution is -2.36. The van der Waals surface area contributed by atoms with Crippen LogP contribution in [-0.4, -0.2) is 20.2 Å². The molecule has 2 atom stereocenters. The van der Waals surface area contributed by atoms with Crippen LogP contribution in [0.1, 0.15) is 20.3 Å². The summed E-state index contributed by atoms with van der Waals surface area (Å²) in [4.78, 5) is 23.2. The molecule has 0 spiro atoms. The zero-order chi connectivity index (χ0) is 16.5. The van der Waals surface area contributed by atoms with E-state index in [-0.39, 0.29) is 16.5 Å². The first-order valence-electron chi connectivity index (χ1n) is 6.77. The first-order valence-corrected chi connectivity index (χ1v) is 8.25. The van der Waals surface area contributed by atoms with Crippen LogP contribution in [-0.2, 0) is 19.6 Å². The smallest absolute Gasteiger partial charge is 0.266 e. The van der Waals surface area contributed by atoms with Gasteiger partial charge < -0.3 is 5.32 Å². The van der Waals surface area contributed by atoms with Crippen molar-refractivity contribution in [2.24, 2.45) is 11.3 Å². The molecule has 1 aromatic rings. The van der Waals surface area contributed by atoms with Crippen LogP contribution >= 0.6 is 0 Å². The molecular formula is C15H18N2O4S. The molecule has 7 heteroatoms. The minimum atomic E-state index is -4.06. The molecule has 1 aliphatic rings. The third-order valence-corrected chi connectivity index (χ3v) is 5.21. The minimum absolute atomic E-state index is 0.0201. The highest BCUT2D eigenvalue weighted by molar-refractivity contribution is 7.90. The number of rotatable bonds is 5. The molecule has 22 heavy (non-hydrogen) atoms. The second-order valence-corrected chi connectivity index (χ2v) is 7.23. The maximum Gasteiger partial charge on any atom is 0.266 e. The molecule has 2 rings (SSSR count). The molecule has 0 aromatic heterocycles. The topological polar surface area (TPSA) is 92.3 Å². The molecule has 1 saturated carbocycles. The van der Waals surface area contributed by atoms with Gasteiger partial charge in [-0.1, -0.05) is 25.1 Å². The highest BCUT2D eigenvalue weighted by Crippen LogP contribution is 2.53. The van der Waals surface area contributed by atoms with Gasteiger partial charge in [0.1, 0.15) is 4.90 Å². The Kier molecular flexibility index (Phi) is 4.10. The predicted molar refractivity (Wildman–Crippen MR) is 82.5 cm³/mol. The zero-order valence-electron chi connectivity index (χ0n) is 12.4. The summed E-state index contributed by atoms with van der Waals surface area (Å²) in [6.45, 7) is 6.60. The molecule has 0 heterocycles. The van der Waals surface area contributed by atoms with Gasteiger partial charge in [0.2, 0.25) is 11.8 Å². The van der Waals surface area contributed by atoms with Gasteiger partial charge in [0.15, 0.2) is 0 Å². The van der Waals surface area contributed by atoms with Crippen molar-refractivity contribution >= 4 is 27.5 Å². The minimum Gasteiger partial charge on any atom is -0.325 e. The van der Waals surface area contributed by atoms with E-state index in [0.29, 0.717) is 6.42 Å². The van der Waals surface area contributed by atoms with Crippen molar-refractivity contribution in [2.75, 3.05) is 5.32 Å². The van der Waals surface area contributed by atoms with Crippen LogP contribution in [0.15, 0.2) is 41.8 Å². The number of allylic oxidation sites excluding steroid dienone is 1. The Balaban J connectivity index is 2.26. The fourth-order valence-electron chi connectivity index (χ4n) is 2.29. The van der Waals surface area contributed by atoms with Gasteiger partial charge in [0.05, 0.1) is 11.1 Å². The molecule has 2 amide bonds. The molecule has 1 fully saturated rings. The largest absolute Gasteiger partial charge is 0.325 e. The van der Waals surface area contributed by atoms with Gasteiger partial charge in [-0.3, -0.25) is 9.59 Å². The Labute approximate surface area is 129 Å². The van der Waals surface area contributed by atoms with Gasteiger partial charge in [-0.15, -0.1) is 6.58 Å². The Morgan fingerprint density at radius 2 is 2.00 bits per heavy atom. The molecule has 118 valence electrons. The molecule has 0 unspecified atom stereocenters. The first-order chi connectivity index (χ1) is 10.2. The lowest BCUT2D eigenvalue weighted by Gasteiger charge is -2.14. The van der Waals surface area contributed by atoms with Crippen LogP contribution in [0.25, 0.3) is 0 Å². The lowest BCUT2D eigenvalue weighted by molar-refractivity contribution is -0.124.